The summed E-state index contributed by atoms with van der Waals surface area (Å²) in [5, 5.41) is 0. The predicted octanol–water partition coefficient (Wildman–Crippen LogP) is 3.59. The molecule has 1 atom stereocenters. The lowest BCUT2D eigenvalue weighted by molar-refractivity contribution is 0.537. The van der Waals surface area contributed by atoms with E-state index in [1.54, 1.807) is 0 Å². The van der Waals surface area contributed by atoms with Gasteiger partial charge in [0.05, 0.1) is 0 Å². The molecule has 2 heteroatoms. The smallest absolute Gasteiger partial charge is 0.0210 e. The minimum absolute atomic E-state index is 0.661. The number of nitrogens with two attached hydrogens (primary N) is 1. The third-order valence-corrected chi connectivity index (χ3v) is 3.63. The molecule has 0 spiro atoms. The van der Waals surface area contributed by atoms with Crippen LogP contribution in [0.15, 0.2) is 16.6 Å². The molecule has 0 heterocycles. The van der Waals surface area contributed by atoms with Gasteiger partial charge in [-0.25, -0.2) is 0 Å². The first kappa shape index (κ1) is 12.7. The SMILES string of the molecule is Cc1cc(Br)c(CC(C)CCN)cc1C. The highest BCUT2D eigenvalue weighted by Gasteiger charge is 2.07. The molecule has 0 saturated carbocycles. The van der Waals surface area contributed by atoms with Crippen LogP contribution < -0.4 is 5.73 Å². The van der Waals surface area contributed by atoms with Crippen molar-refractivity contribution in [3.8, 4) is 0 Å². The Morgan fingerprint density at radius 3 is 2.47 bits per heavy atom. The van der Waals surface area contributed by atoms with E-state index >= 15 is 0 Å². The molecule has 0 aliphatic rings. The fourth-order valence-electron chi connectivity index (χ4n) is 1.76. The van der Waals surface area contributed by atoms with Crippen LogP contribution in [-0.2, 0) is 6.42 Å². The first-order valence-corrected chi connectivity index (χ1v) is 6.29. The van der Waals surface area contributed by atoms with Crippen molar-refractivity contribution >= 4 is 15.9 Å². The van der Waals surface area contributed by atoms with E-state index in [0.29, 0.717) is 5.92 Å². The summed E-state index contributed by atoms with van der Waals surface area (Å²) in [7, 11) is 0. The summed E-state index contributed by atoms with van der Waals surface area (Å²) >= 11 is 3.63. The Bertz CT molecular complexity index is 334. The lowest BCUT2D eigenvalue weighted by atomic mass is 9.96. The molecule has 2 N–H and O–H groups in total. The summed E-state index contributed by atoms with van der Waals surface area (Å²) in [5.74, 6) is 0.661. The molecule has 0 saturated heterocycles. The average molecular weight is 270 g/mol. The minimum Gasteiger partial charge on any atom is -0.330 e. The Hall–Kier alpha value is -0.340. The van der Waals surface area contributed by atoms with E-state index in [1.807, 2.05) is 0 Å². The molecule has 0 radical (unpaired) electrons. The summed E-state index contributed by atoms with van der Waals surface area (Å²) < 4.78 is 1.23. The highest BCUT2D eigenvalue weighted by molar-refractivity contribution is 9.10. The van der Waals surface area contributed by atoms with Gasteiger partial charge in [0.25, 0.3) is 0 Å². The van der Waals surface area contributed by atoms with Crippen LogP contribution in [0.5, 0.6) is 0 Å². The van der Waals surface area contributed by atoms with Crippen LogP contribution in [0, 0.1) is 19.8 Å². The van der Waals surface area contributed by atoms with E-state index in [0.717, 1.165) is 19.4 Å². The monoisotopic (exact) mass is 269 g/mol. The zero-order valence-corrected chi connectivity index (χ0v) is 11.4. The van der Waals surface area contributed by atoms with Gasteiger partial charge in [0.1, 0.15) is 0 Å². The van der Waals surface area contributed by atoms with Crippen molar-refractivity contribution in [3.05, 3.63) is 33.3 Å². The summed E-state index contributed by atoms with van der Waals surface area (Å²) in [6, 6.07) is 4.49. The standard InChI is InChI=1S/C13H20BrN/c1-9(4-5-15)6-12-7-10(2)11(3)8-13(12)14/h7-9H,4-6,15H2,1-3H3. The van der Waals surface area contributed by atoms with E-state index < -0.39 is 0 Å². The van der Waals surface area contributed by atoms with E-state index in [2.05, 4.69) is 48.8 Å². The summed E-state index contributed by atoms with van der Waals surface area (Å²) in [6.45, 7) is 7.35. The third kappa shape index (κ3) is 3.62. The van der Waals surface area contributed by atoms with Crippen molar-refractivity contribution in [2.24, 2.45) is 11.7 Å². The first-order chi connectivity index (χ1) is 7.04. The van der Waals surface area contributed by atoms with Crippen LogP contribution in [0.4, 0.5) is 0 Å². The van der Waals surface area contributed by atoms with E-state index in [9.17, 15) is 0 Å². The molecule has 0 aliphatic heterocycles. The fourth-order valence-corrected chi connectivity index (χ4v) is 2.38. The Balaban J connectivity index is 2.81. The predicted molar refractivity (Wildman–Crippen MR) is 70.2 cm³/mol. The fraction of sp³-hybridized carbons (Fsp3) is 0.538. The Morgan fingerprint density at radius 2 is 1.87 bits per heavy atom. The zero-order valence-electron chi connectivity index (χ0n) is 9.81. The number of hydrogen-bond donors (Lipinski definition) is 1. The molecule has 1 rings (SSSR count). The average Bonchev–Trinajstić information content (AvgIpc) is 2.14. The van der Waals surface area contributed by atoms with Gasteiger partial charge >= 0.3 is 0 Å². The van der Waals surface area contributed by atoms with Crippen molar-refractivity contribution < 1.29 is 0 Å². The molecule has 15 heavy (non-hydrogen) atoms. The van der Waals surface area contributed by atoms with Crippen LogP contribution in [0.25, 0.3) is 0 Å². The van der Waals surface area contributed by atoms with Crippen molar-refractivity contribution in [3.63, 3.8) is 0 Å². The maximum atomic E-state index is 5.56. The zero-order chi connectivity index (χ0) is 11.4. The summed E-state index contributed by atoms with van der Waals surface area (Å²) in [5.41, 5.74) is 9.68. The molecular weight excluding hydrogens is 250 g/mol. The number of benzene rings is 1. The lowest BCUT2D eigenvalue weighted by Crippen LogP contribution is -2.08. The number of rotatable bonds is 4. The summed E-state index contributed by atoms with van der Waals surface area (Å²) in [4.78, 5) is 0. The Kier molecular flexibility index (Phi) is 4.81. The minimum atomic E-state index is 0.661. The van der Waals surface area contributed by atoms with Crippen LogP contribution in [0.2, 0.25) is 0 Å². The van der Waals surface area contributed by atoms with Crippen LogP contribution in [0.1, 0.15) is 30.0 Å². The van der Waals surface area contributed by atoms with Gasteiger partial charge in [0.15, 0.2) is 0 Å². The second-order valence-corrected chi connectivity index (χ2v) is 5.27. The number of hydrogen-bond acceptors (Lipinski definition) is 1. The van der Waals surface area contributed by atoms with Gasteiger partial charge in [-0.05, 0) is 61.9 Å². The Morgan fingerprint density at radius 1 is 1.27 bits per heavy atom. The summed E-state index contributed by atoms with van der Waals surface area (Å²) in [6.07, 6.45) is 2.21. The molecule has 0 amide bonds. The van der Waals surface area contributed by atoms with E-state index in [-0.39, 0.29) is 0 Å². The largest absolute Gasteiger partial charge is 0.330 e. The van der Waals surface area contributed by atoms with Crippen molar-refractivity contribution in [1.29, 1.82) is 0 Å². The molecule has 84 valence electrons. The van der Waals surface area contributed by atoms with E-state index in [4.69, 9.17) is 5.73 Å². The molecule has 1 aromatic carbocycles. The highest BCUT2D eigenvalue weighted by atomic mass is 79.9. The van der Waals surface area contributed by atoms with Gasteiger partial charge in [-0.15, -0.1) is 0 Å². The molecule has 1 unspecified atom stereocenters. The van der Waals surface area contributed by atoms with Crippen molar-refractivity contribution in [2.45, 2.75) is 33.6 Å². The highest BCUT2D eigenvalue weighted by Crippen LogP contribution is 2.24. The van der Waals surface area contributed by atoms with Gasteiger partial charge in [-0.3, -0.25) is 0 Å². The van der Waals surface area contributed by atoms with Gasteiger partial charge in [0.2, 0.25) is 0 Å². The second-order valence-electron chi connectivity index (χ2n) is 4.41. The van der Waals surface area contributed by atoms with Gasteiger partial charge in [-0.1, -0.05) is 28.9 Å². The molecule has 1 aromatic rings. The van der Waals surface area contributed by atoms with Crippen LogP contribution in [0.3, 0.4) is 0 Å². The van der Waals surface area contributed by atoms with Crippen LogP contribution in [-0.4, -0.2) is 6.54 Å². The van der Waals surface area contributed by atoms with E-state index in [1.165, 1.54) is 21.2 Å². The molecule has 0 aliphatic carbocycles. The third-order valence-electron chi connectivity index (χ3n) is 2.89. The quantitative estimate of drug-likeness (QED) is 0.889. The maximum Gasteiger partial charge on any atom is 0.0210 e. The van der Waals surface area contributed by atoms with Gasteiger partial charge in [-0.2, -0.15) is 0 Å². The van der Waals surface area contributed by atoms with Crippen LogP contribution >= 0.6 is 15.9 Å². The van der Waals surface area contributed by atoms with Crippen molar-refractivity contribution in [2.75, 3.05) is 6.54 Å². The lowest BCUT2D eigenvalue weighted by Gasteiger charge is -2.13. The Labute approximate surface area is 101 Å². The second kappa shape index (κ2) is 5.66. The molecule has 0 bridgehead atoms. The number of aryl methyl sites for hydroxylation is 2. The first-order valence-electron chi connectivity index (χ1n) is 5.50. The normalized spacial score (nSPS) is 12.9. The van der Waals surface area contributed by atoms with Gasteiger partial charge < -0.3 is 5.73 Å². The topological polar surface area (TPSA) is 26.0 Å². The number of halogens is 1. The van der Waals surface area contributed by atoms with Crippen molar-refractivity contribution in [1.82, 2.24) is 0 Å². The molecular formula is C13H20BrN. The van der Waals surface area contributed by atoms with Gasteiger partial charge in [0, 0.05) is 4.47 Å². The maximum absolute atomic E-state index is 5.56. The molecule has 0 aromatic heterocycles. The molecule has 0 fully saturated rings. The molecule has 1 nitrogen and oxygen atoms in total.